The lowest BCUT2D eigenvalue weighted by atomic mass is 10.1. The molecule has 0 amide bonds. The Hall–Kier alpha value is -2.17. The van der Waals surface area contributed by atoms with Crippen LogP contribution in [0.25, 0.3) is 0 Å². The van der Waals surface area contributed by atoms with Crippen molar-refractivity contribution in [1.29, 1.82) is 0 Å². The molecule has 0 spiro atoms. The molecule has 0 fully saturated rings. The van der Waals surface area contributed by atoms with E-state index >= 15 is 0 Å². The van der Waals surface area contributed by atoms with Crippen molar-refractivity contribution in [3.8, 4) is 5.75 Å². The first-order valence-electron chi connectivity index (χ1n) is 5.47. The lowest BCUT2D eigenvalue weighted by Gasteiger charge is -2.08. The van der Waals surface area contributed by atoms with E-state index in [9.17, 15) is 9.18 Å². The van der Waals surface area contributed by atoms with Crippen LogP contribution in [0, 0.1) is 12.7 Å². The summed E-state index contributed by atoms with van der Waals surface area (Å²) in [4.78, 5) is 12.1. The molecule has 18 heavy (non-hydrogen) atoms. The Kier molecular flexibility index (Phi) is 3.41. The fourth-order valence-electron chi connectivity index (χ4n) is 1.68. The topological polar surface area (TPSA) is 44.1 Å². The number of methoxy groups -OCH3 is 1. The molecule has 0 aliphatic rings. The average Bonchev–Trinajstić information content (AvgIpc) is 2.75. The zero-order valence-electron chi connectivity index (χ0n) is 10.2. The van der Waals surface area contributed by atoms with Crippen molar-refractivity contribution in [2.24, 2.45) is 0 Å². The van der Waals surface area contributed by atoms with Gasteiger partial charge in [0, 0.05) is 11.9 Å². The van der Waals surface area contributed by atoms with Gasteiger partial charge in [0.2, 0.25) is 0 Å². The monoisotopic (exact) mass is 248 g/mol. The lowest BCUT2D eigenvalue weighted by molar-refractivity contribution is 0.0963. The normalized spacial score (nSPS) is 10.4. The maximum atomic E-state index is 13.2. The van der Waals surface area contributed by atoms with Crippen LogP contribution in [0.2, 0.25) is 0 Å². The summed E-state index contributed by atoms with van der Waals surface area (Å²) in [6.45, 7) is 1.92. The van der Waals surface area contributed by atoms with Gasteiger partial charge in [0.15, 0.2) is 5.78 Å². The third-order valence-corrected chi connectivity index (χ3v) is 2.68. The van der Waals surface area contributed by atoms with E-state index in [4.69, 9.17) is 4.74 Å². The number of halogens is 1. The van der Waals surface area contributed by atoms with E-state index in [1.807, 2.05) is 6.92 Å². The first kappa shape index (κ1) is 12.3. The number of hydrogen-bond acceptors (Lipinski definition) is 3. The molecule has 1 aromatic carbocycles. The van der Waals surface area contributed by atoms with Crippen LogP contribution < -0.4 is 4.74 Å². The molecule has 0 N–H and O–H groups in total. The van der Waals surface area contributed by atoms with Crippen LogP contribution in [0.3, 0.4) is 0 Å². The number of ketones is 1. The molecule has 0 bridgehead atoms. The predicted molar refractivity (Wildman–Crippen MR) is 64.2 cm³/mol. The van der Waals surface area contributed by atoms with Crippen LogP contribution in [0.15, 0.2) is 30.5 Å². The molecule has 1 aromatic heterocycles. The maximum Gasteiger partial charge on any atom is 0.188 e. The van der Waals surface area contributed by atoms with Crippen molar-refractivity contribution in [3.63, 3.8) is 0 Å². The highest BCUT2D eigenvalue weighted by molar-refractivity contribution is 5.98. The summed E-state index contributed by atoms with van der Waals surface area (Å²) in [6.07, 6.45) is 1.62. The van der Waals surface area contributed by atoms with Crippen LogP contribution in [0.4, 0.5) is 4.39 Å². The molecule has 0 saturated carbocycles. The number of Topliss-reactive ketones (excluding diaryl/α,β-unsaturated/α-hetero) is 1. The minimum atomic E-state index is -0.462. The molecule has 0 unspecified atom stereocenters. The molecule has 2 aromatic rings. The number of carbonyl (C=O) groups excluding carboxylic acids is 1. The highest BCUT2D eigenvalue weighted by Crippen LogP contribution is 2.20. The van der Waals surface area contributed by atoms with E-state index in [2.05, 4.69) is 5.10 Å². The van der Waals surface area contributed by atoms with E-state index in [1.54, 1.807) is 16.9 Å². The van der Waals surface area contributed by atoms with Crippen LogP contribution in [0.1, 0.15) is 16.1 Å². The number of aryl methyl sites for hydroxylation is 1. The van der Waals surface area contributed by atoms with E-state index in [0.29, 0.717) is 5.75 Å². The number of ether oxygens (including phenoxy) is 1. The summed E-state index contributed by atoms with van der Waals surface area (Å²) in [5, 5.41) is 4.02. The van der Waals surface area contributed by atoms with Crippen molar-refractivity contribution in [2.45, 2.75) is 13.5 Å². The minimum Gasteiger partial charge on any atom is -0.496 e. The Bertz CT molecular complexity index is 578. The fourth-order valence-corrected chi connectivity index (χ4v) is 1.68. The van der Waals surface area contributed by atoms with Gasteiger partial charge >= 0.3 is 0 Å². The standard InChI is InChI=1S/C13H13FN2O2/c1-9-5-6-15-16(9)8-12(17)11-7-10(14)3-4-13(11)18-2/h3-7H,8H2,1-2H3. The van der Waals surface area contributed by atoms with Crippen molar-refractivity contribution in [3.05, 3.63) is 47.5 Å². The molecule has 0 atom stereocenters. The fraction of sp³-hybridized carbons (Fsp3) is 0.231. The summed E-state index contributed by atoms with van der Waals surface area (Å²) in [7, 11) is 1.45. The highest BCUT2D eigenvalue weighted by atomic mass is 19.1. The number of benzene rings is 1. The molecule has 1 heterocycles. The second-order valence-electron chi connectivity index (χ2n) is 3.90. The van der Waals surface area contributed by atoms with Gasteiger partial charge in [-0.15, -0.1) is 0 Å². The third kappa shape index (κ3) is 2.40. The molecule has 4 nitrogen and oxygen atoms in total. The molecule has 94 valence electrons. The largest absolute Gasteiger partial charge is 0.496 e. The van der Waals surface area contributed by atoms with Gasteiger partial charge in [-0.3, -0.25) is 9.48 Å². The van der Waals surface area contributed by atoms with Gasteiger partial charge in [-0.05, 0) is 31.2 Å². The van der Waals surface area contributed by atoms with Crippen LogP contribution >= 0.6 is 0 Å². The molecular formula is C13H13FN2O2. The summed E-state index contributed by atoms with van der Waals surface area (Å²) in [5.74, 6) is -0.333. The number of carbonyl (C=O) groups is 1. The highest BCUT2D eigenvalue weighted by Gasteiger charge is 2.14. The molecule has 0 aliphatic heterocycles. The molecule has 0 saturated heterocycles. The lowest BCUT2D eigenvalue weighted by Crippen LogP contribution is -2.14. The van der Waals surface area contributed by atoms with Crippen LogP contribution in [0.5, 0.6) is 5.75 Å². The number of hydrogen-bond donors (Lipinski definition) is 0. The Morgan fingerprint density at radius 1 is 1.44 bits per heavy atom. The van der Waals surface area contributed by atoms with Gasteiger partial charge in [0.25, 0.3) is 0 Å². The number of rotatable bonds is 4. The summed E-state index contributed by atoms with van der Waals surface area (Å²) in [6, 6.07) is 5.68. The molecule has 0 aliphatic carbocycles. The first-order valence-corrected chi connectivity index (χ1v) is 5.47. The summed E-state index contributed by atoms with van der Waals surface area (Å²) >= 11 is 0. The van der Waals surface area contributed by atoms with Gasteiger partial charge in [-0.1, -0.05) is 0 Å². The van der Waals surface area contributed by atoms with E-state index in [-0.39, 0.29) is 17.9 Å². The van der Waals surface area contributed by atoms with Crippen molar-refractivity contribution in [1.82, 2.24) is 9.78 Å². The van der Waals surface area contributed by atoms with Gasteiger partial charge < -0.3 is 4.74 Å². The van der Waals surface area contributed by atoms with Gasteiger partial charge in [-0.2, -0.15) is 5.10 Å². The third-order valence-electron chi connectivity index (χ3n) is 2.68. The Balaban J connectivity index is 2.29. The predicted octanol–water partition coefficient (Wildman–Crippen LogP) is 2.22. The SMILES string of the molecule is COc1ccc(F)cc1C(=O)Cn1nccc1C. The molecule has 0 radical (unpaired) electrons. The van der Waals surface area contributed by atoms with E-state index < -0.39 is 5.82 Å². The molecule has 2 rings (SSSR count). The maximum absolute atomic E-state index is 13.2. The first-order chi connectivity index (χ1) is 8.61. The van der Waals surface area contributed by atoms with Crippen molar-refractivity contribution in [2.75, 3.05) is 7.11 Å². The Morgan fingerprint density at radius 2 is 2.22 bits per heavy atom. The average molecular weight is 248 g/mol. The summed E-state index contributed by atoms with van der Waals surface area (Å²) in [5.41, 5.74) is 1.10. The number of aromatic nitrogens is 2. The van der Waals surface area contributed by atoms with Gasteiger partial charge in [0.05, 0.1) is 12.7 Å². The van der Waals surface area contributed by atoms with Crippen molar-refractivity contribution >= 4 is 5.78 Å². The second-order valence-corrected chi connectivity index (χ2v) is 3.90. The van der Waals surface area contributed by atoms with Crippen LogP contribution in [-0.4, -0.2) is 22.7 Å². The van der Waals surface area contributed by atoms with Gasteiger partial charge in [0.1, 0.15) is 18.1 Å². The quantitative estimate of drug-likeness (QED) is 0.779. The molecule has 5 heteroatoms. The Morgan fingerprint density at radius 3 is 2.83 bits per heavy atom. The van der Waals surface area contributed by atoms with Crippen molar-refractivity contribution < 1.29 is 13.9 Å². The van der Waals surface area contributed by atoms with Crippen LogP contribution in [-0.2, 0) is 6.54 Å². The smallest absolute Gasteiger partial charge is 0.188 e. The number of nitrogens with zero attached hydrogens (tertiary/aromatic N) is 2. The minimum absolute atomic E-state index is 0.0681. The summed E-state index contributed by atoms with van der Waals surface area (Å²) < 4.78 is 19.8. The zero-order valence-corrected chi connectivity index (χ0v) is 10.2. The Labute approximate surface area is 104 Å². The van der Waals surface area contributed by atoms with E-state index in [0.717, 1.165) is 5.69 Å². The van der Waals surface area contributed by atoms with Gasteiger partial charge in [-0.25, -0.2) is 4.39 Å². The zero-order chi connectivity index (χ0) is 13.1. The second kappa shape index (κ2) is 5.00. The molecular weight excluding hydrogens is 235 g/mol. The van der Waals surface area contributed by atoms with E-state index in [1.165, 1.54) is 25.3 Å².